The Morgan fingerprint density at radius 3 is 2.52 bits per heavy atom. The van der Waals surface area contributed by atoms with Crippen molar-refractivity contribution in [2.75, 3.05) is 38.2 Å². The number of nitrogens with one attached hydrogen (secondary N) is 1. The standard InChI is InChI=1S/C17H22N2O4/c20-16(19-7-10-22-11-8-19)12-13-3-5-14(6-4-13)18-17(21)15-2-1-9-23-15/h3-6,15H,1-2,7-12H2,(H,18,21). The molecule has 1 atom stereocenters. The monoisotopic (exact) mass is 318 g/mol. The zero-order valence-corrected chi connectivity index (χ0v) is 13.1. The largest absolute Gasteiger partial charge is 0.378 e. The summed E-state index contributed by atoms with van der Waals surface area (Å²) in [5, 5.41) is 2.85. The van der Waals surface area contributed by atoms with Crippen LogP contribution >= 0.6 is 0 Å². The van der Waals surface area contributed by atoms with Gasteiger partial charge >= 0.3 is 0 Å². The van der Waals surface area contributed by atoms with Crippen molar-refractivity contribution in [3.63, 3.8) is 0 Å². The first kappa shape index (κ1) is 16.0. The fraction of sp³-hybridized carbons (Fsp3) is 0.529. The fourth-order valence-corrected chi connectivity index (χ4v) is 2.81. The Bertz CT molecular complexity index is 546. The number of carbonyl (C=O) groups excluding carboxylic acids is 2. The van der Waals surface area contributed by atoms with Gasteiger partial charge in [-0.15, -0.1) is 0 Å². The highest BCUT2D eigenvalue weighted by Gasteiger charge is 2.23. The number of hydrogen-bond acceptors (Lipinski definition) is 4. The molecule has 2 saturated heterocycles. The van der Waals surface area contributed by atoms with Gasteiger partial charge < -0.3 is 19.7 Å². The number of amides is 2. The van der Waals surface area contributed by atoms with Gasteiger partial charge in [-0.3, -0.25) is 9.59 Å². The lowest BCUT2D eigenvalue weighted by atomic mass is 10.1. The highest BCUT2D eigenvalue weighted by Crippen LogP contribution is 2.16. The number of nitrogens with zero attached hydrogens (tertiary/aromatic N) is 1. The van der Waals surface area contributed by atoms with E-state index in [1.807, 2.05) is 29.2 Å². The van der Waals surface area contributed by atoms with Crippen LogP contribution in [0, 0.1) is 0 Å². The van der Waals surface area contributed by atoms with Crippen LogP contribution in [0.4, 0.5) is 5.69 Å². The van der Waals surface area contributed by atoms with Gasteiger partial charge in [-0.05, 0) is 30.5 Å². The Hall–Kier alpha value is -1.92. The molecule has 0 spiro atoms. The van der Waals surface area contributed by atoms with Crippen molar-refractivity contribution in [2.24, 2.45) is 0 Å². The Morgan fingerprint density at radius 1 is 1.13 bits per heavy atom. The lowest BCUT2D eigenvalue weighted by Crippen LogP contribution is -2.41. The maximum absolute atomic E-state index is 12.2. The molecule has 23 heavy (non-hydrogen) atoms. The maximum Gasteiger partial charge on any atom is 0.253 e. The molecule has 0 bridgehead atoms. The SMILES string of the molecule is O=C(Nc1ccc(CC(=O)N2CCOCC2)cc1)C1CCCO1. The molecular weight excluding hydrogens is 296 g/mol. The zero-order valence-electron chi connectivity index (χ0n) is 13.1. The van der Waals surface area contributed by atoms with Gasteiger partial charge in [0, 0.05) is 25.4 Å². The predicted octanol–water partition coefficient (Wildman–Crippen LogP) is 1.21. The van der Waals surface area contributed by atoms with Crippen LogP contribution in [0.1, 0.15) is 18.4 Å². The second kappa shape index (κ2) is 7.57. The molecule has 0 aromatic heterocycles. The molecule has 2 heterocycles. The molecule has 0 aliphatic carbocycles. The molecule has 2 amide bonds. The first-order valence-electron chi connectivity index (χ1n) is 8.09. The van der Waals surface area contributed by atoms with Crippen molar-refractivity contribution in [1.82, 2.24) is 4.90 Å². The van der Waals surface area contributed by atoms with Crippen molar-refractivity contribution >= 4 is 17.5 Å². The van der Waals surface area contributed by atoms with Crippen LogP contribution in [0.25, 0.3) is 0 Å². The summed E-state index contributed by atoms with van der Waals surface area (Å²) in [5.41, 5.74) is 1.67. The molecule has 0 saturated carbocycles. The summed E-state index contributed by atoms with van der Waals surface area (Å²) in [7, 11) is 0. The van der Waals surface area contributed by atoms with Crippen molar-refractivity contribution in [1.29, 1.82) is 0 Å². The third-order valence-corrected chi connectivity index (χ3v) is 4.16. The summed E-state index contributed by atoms with van der Waals surface area (Å²) in [4.78, 5) is 26.0. The van der Waals surface area contributed by atoms with Crippen LogP contribution in [0.3, 0.4) is 0 Å². The van der Waals surface area contributed by atoms with Crippen molar-refractivity contribution in [3.05, 3.63) is 29.8 Å². The van der Waals surface area contributed by atoms with Crippen LogP contribution in [-0.2, 0) is 25.5 Å². The van der Waals surface area contributed by atoms with E-state index in [0.717, 1.165) is 24.1 Å². The molecule has 1 unspecified atom stereocenters. The topological polar surface area (TPSA) is 67.9 Å². The summed E-state index contributed by atoms with van der Waals surface area (Å²) in [6.07, 6.45) is 1.75. The number of morpholine rings is 1. The van der Waals surface area contributed by atoms with Crippen LogP contribution in [-0.4, -0.2) is 55.7 Å². The molecule has 124 valence electrons. The number of anilines is 1. The third kappa shape index (κ3) is 4.30. The highest BCUT2D eigenvalue weighted by atomic mass is 16.5. The summed E-state index contributed by atoms with van der Waals surface area (Å²) >= 11 is 0. The molecular formula is C17H22N2O4. The smallest absolute Gasteiger partial charge is 0.253 e. The fourth-order valence-electron chi connectivity index (χ4n) is 2.81. The predicted molar refractivity (Wildman–Crippen MR) is 85.1 cm³/mol. The van der Waals surface area contributed by atoms with Gasteiger partial charge in [-0.25, -0.2) is 0 Å². The number of hydrogen-bond donors (Lipinski definition) is 1. The lowest BCUT2D eigenvalue weighted by Gasteiger charge is -2.26. The quantitative estimate of drug-likeness (QED) is 0.906. The van der Waals surface area contributed by atoms with Crippen molar-refractivity contribution in [3.8, 4) is 0 Å². The Labute approximate surface area is 135 Å². The molecule has 2 aliphatic heterocycles. The molecule has 1 N–H and O–H groups in total. The van der Waals surface area contributed by atoms with Gasteiger partial charge in [-0.1, -0.05) is 12.1 Å². The van der Waals surface area contributed by atoms with Crippen LogP contribution < -0.4 is 5.32 Å². The highest BCUT2D eigenvalue weighted by molar-refractivity contribution is 5.94. The number of benzene rings is 1. The van der Waals surface area contributed by atoms with Gasteiger partial charge in [0.15, 0.2) is 0 Å². The minimum atomic E-state index is -0.336. The van der Waals surface area contributed by atoms with Crippen LogP contribution in [0.15, 0.2) is 24.3 Å². The Kier molecular flexibility index (Phi) is 5.25. The summed E-state index contributed by atoms with van der Waals surface area (Å²) in [5.74, 6) is 0.0177. The van der Waals surface area contributed by atoms with E-state index in [0.29, 0.717) is 39.3 Å². The summed E-state index contributed by atoms with van der Waals surface area (Å²) in [6, 6.07) is 7.41. The average molecular weight is 318 g/mol. The Morgan fingerprint density at radius 2 is 1.87 bits per heavy atom. The minimum absolute atomic E-state index is 0.0976. The Balaban J connectivity index is 1.52. The van der Waals surface area contributed by atoms with E-state index in [1.54, 1.807) is 0 Å². The summed E-state index contributed by atoms with van der Waals surface area (Å²) < 4.78 is 10.6. The normalized spacial score (nSPS) is 21.2. The number of ether oxygens (including phenoxy) is 2. The first-order valence-corrected chi connectivity index (χ1v) is 8.09. The average Bonchev–Trinajstić information content (AvgIpc) is 3.12. The van der Waals surface area contributed by atoms with Gasteiger partial charge in [0.25, 0.3) is 5.91 Å². The molecule has 0 radical (unpaired) electrons. The number of rotatable bonds is 4. The maximum atomic E-state index is 12.2. The van der Waals surface area contributed by atoms with Gasteiger partial charge in [-0.2, -0.15) is 0 Å². The second-order valence-corrected chi connectivity index (χ2v) is 5.86. The van der Waals surface area contributed by atoms with E-state index in [4.69, 9.17) is 9.47 Å². The molecule has 6 heteroatoms. The van der Waals surface area contributed by atoms with E-state index in [1.165, 1.54) is 0 Å². The van der Waals surface area contributed by atoms with Gasteiger partial charge in [0.05, 0.1) is 19.6 Å². The zero-order chi connectivity index (χ0) is 16.1. The molecule has 3 rings (SSSR count). The first-order chi connectivity index (χ1) is 11.2. The molecule has 6 nitrogen and oxygen atoms in total. The van der Waals surface area contributed by atoms with Crippen molar-refractivity contribution in [2.45, 2.75) is 25.4 Å². The van der Waals surface area contributed by atoms with Gasteiger partial charge in [0.2, 0.25) is 5.91 Å². The van der Waals surface area contributed by atoms with E-state index in [2.05, 4.69) is 5.32 Å². The van der Waals surface area contributed by atoms with E-state index in [9.17, 15) is 9.59 Å². The third-order valence-electron chi connectivity index (χ3n) is 4.16. The van der Waals surface area contributed by atoms with Crippen LogP contribution in [0.2, 0.25) is 0 Å². The minimum Gasteiger partial charge on any atom is -0.378 e. The van der Waals surface area contributed by atoms with E-state index >= 15 is 0 Å². The molecule has 1 aromatic carbocycles. The second-order valence-electron chi connectivity index (χ2n) is 5.86. The molecule has 2 aliphatic rings. The summed E-state index contributed by atoms with van der Waals surface area (Å²) in [6.45, 7) is 3.20. The molecule has 1 aromatic rings. The number of carbonyl (C=O) groups is 2. The van der Waals surface area contributed by atoms with E-state index < -0.39 is 0 Å². The lowest BCUT2D eigenvalue weighted by molar-refractivity contribution is -0.134. The molecule has 2 fully saturated rings. The van der Waals surface area contributed by atoms with Gasteiger partial charge in [0.1, 0.15) is 6.10 Å². The van der Waals surface area contributed by atoms with Crippen LogP contribution in [0.5, 0.6) is 0 Å². The van der Waals surface area contributed by atoms with Crippen molar-refractivity contribution < 1.29 is 19.1 Å². The van der Waals surface area contributed by atoms with E-state index in [-0.39, 0.29) is 17.9 Å².